The number of hydrogen-bond donors (Lipinski definition) is 2. The van der Waals surface area contributed by atoms with Gasteiger partial charge in [-0.2, -0.15) is 0 Å². The van der Waals surface area contributed by atoms with E-state index >= 15 is 0 Å². The largest absolute Gasteiger partial charge is 0.370 e. The fraction of sp³-hybridized carbons (Fsp3) is 0.333. The number of benzene rings is 2. The summed E-state index contributed by atoms with van der Waals surface area (Å²) in [5, 5.41) is 3.00. The van der Waals surface area contributed by atoms with E-state index in [0.29, 0.717) is 17.7 Å². The van der Waals surface area contributed by atoms with E-state index in [9.17, 15) is 9.59 Å². The summed E-state index contributed by atoms with van der Waals surface area (Å²) < 4.78 is 5.36. The number of hydrogen-bond acceptors (Lipinski definition) is 4. The van der Waals surface area contributed by atoms with Crippen molar-refractivity contribution in [3.05, 3.63) is 53.6 Å². The van der Waals surface area contributed by atoms with E-state index in [-0.39, 0.29) is 11.8 Å². The lowest BCUT2D eigenvalue weighted by molar-refractivity contribution is -0.906. The average Bonchev–Trinajstić information content (AvgIpc) is 2.83. The molecule has 28 heavy (non-hydrogen) atoms. The third-order valence-corrected chi connectivity index (χ3v) is 6.33. The Bertz CT molecular complexity index is 896. The van der Waals surface area contributed by atoms with Gasteiger partial charge in [-0.1, -0.05) is 23.9 Å². The summed E-state index contributed by atoms with van der Waals surface area (Å²) >= 11 is 1.56. The maximum atomic E-state index is 12.8. The maximum absolute atomic E-state index is 12.8. The van der Waals surface area contributed by atoms with Crippen LogP contribution in [0.15, 0.2) is 52.3 Å². The number of ether oxygens (including phenoxy) is 1. The number of carbonyl (C=O) groups excluding carboxylic acids is 2. The molecule has 0 radical (unpaired) electrons. The summed E-state index contributed by atoms with van der Waals surface area (Å²) in [4.78, 5) is 30.4. The Balaban J connectivity index is 1.47. The summed E-state index contributed by atoms with van der Waals surface area (Å²) in [6.45, 7) is 5.06. The first-order chi connectivity index (χ1) is 13.6. The number of fused-ring (bicyclic) bond motifs is 2. The van der Waals surface area contributed by atoms with Gasteiger partial charge < -0.3 is 19.9 Å². The van der Waals surface area contributed by atoms with Crippen LogP contribution in [-0.2, 0) is 4.74 Å². The molecule has 0 unspecified atom stereocenters. The van der Waals surface area contributed by atoms with Gasteiger partial charge in [-0.15, -0.1) is 0 Å². The van der Waals surface area contributed by atoms with Gasteiger partial charge in [0.25, 0.3) is 11.8 Å². The summed E-state index contributed by atoms with van der Waals surface area (Å²) in [5.74, 6) is -0.168. The Morgan fingerprint density at radius 3 is 2.79 bits per heavy atom. The van der Waals surface area contributed by atoms with Gasteiger partial charge in [0.05, 0.1) is 37.6 Å². The van der Waals surface area contributed by atoms with Crippen LogP contribution in [0.2, 0.25) is 0 Å². The highest BCUT2D eigenvalue weighted by Gasteiger charge is 2.25. The first-order valence-corrected chi connectivity index (χ1v) is 10.3. The lowest BCUT2D eigenvalue weighted by Gasteiger charge is -2.23. The molecule has 1 saturated heterocycles. The molecule has 4 rings (SSSR count). The molecular formula is C21H24N3O3S+. The maximum Gasteiger partial charge on any atom is 0.259 e. The minimum absolute atomic E-state index is 0.0599. The molecule has 0 bridgehead atoms. The van der Waals surface area contributed by atoms with E-state index < -0.39 is 0 Å². The quantitative estimate of drug-likeness (QED) is 0.809. The molecule has 0 saturated carbocycles. The number of nitrogens with one attached hydrogen (secondary N) is 2. The molecule has 146 valence electrons. The second kappa shape index (κ2) is 8.34. The molecule has 2 heterocycles. The van der Waals surface area contributed by atoms with Crippen molar-refractivity contribution in [2.24, 2.45) is 0 Å². The standard InChI is InChI=1S/C21H23N3O3S/c1-23-17-14-15(20(25)22-8-9-24-10-12-27-13-11-24)6-7-19(17)28-18-5-3-2-4-16(18)21(23)26/h2-7,14H,8-13H2,1H3,(H,22,25)/p+1. The highest BCUT2D eigenvalue weighted by molar-refractivity contribution is 7.99. The Kier molecular flexibility index (Phi) is 5.66. The summed E-state index contributed by atoms with van der Waals surface area (Å²) in [5.41, 5.74) is 2.02. The zero-order chi connectivity index (χ0) is 19.5. The lowest BCUT2D eigenvalue weighted by atomic mass is 10.1. The van der Waals surface area contributed by atoms with Gasteiger partial charge in [0.15, 0.2) is 0 Å². The third-order valence-electron chi connectivity index (χ3n) is 5.19. The van der Waals surface area contributed by atoms with E-state index in [0.717, 1.165) is 48.3 Å². The van der Waals surface area contributed by atoms with E-state index in [1.165, 1.54) is 4.90 Å². The van der Waals surface area contributed by atoms with Crippen LogP contribution in [0.5, 0.6) is 0 Å². The highest BCUT2D eigenvalue weighted by Crippen LogP contribution is 2.41. The Labute approximate surface area is 168 Å². The highest BCUT2D eigenvalue weighted by atomic mass is 32.2. The van der Waals surface area contributed by atoms with Crippen molar-refractivity contribution in [3.8, 4) is 0 Å². The van der Waals surface area contributed by atoms with Gasteiger partial charge in [-0.3, -0.25) is 9.59 Å². The van der Waals surface area contributed by atoms with Crippen LogP contribution in [0.3, 0.4) is 0 Å². The van der Waals surface area contributed by atoms with E-state index in [1.807, 2.05) is 42.5 Å². The van der Waals surface area contributed by atoms with Gasteiger partial charge in [0.1, 0.15) is 13.1 Å². The van der Waals surface area contributed by atoms with Crippen molar-refractivity contribution < 1.29 is 19.2 Å². The fourth-order valence-corrected chi connectivity index (χ4v) is 4.60. The minimum Gasteiger partial charge on any atom is -0.370 e. The molecule has 0 atom stereocenters. The van der Waals surface area contributed by atoms with Crippen molar-refractivity contribution in [2.75, 3.05) is 51.3 Å². The van der Waals surface area contributed by atoms with Gasteiger partial charge in [-0.25, -0.2) is 0 Å². The van der Waals surface area contributed by atoms with Crippen LogP contribution >= 0.6 is 11.8 Å². The molecule has 0 aromatic heterocycles. The summed E-state index contributed by atoms with van der Waals surface area (Å²) in [6, 6.07) is 13.2. The number of carbonyl (C=O) groups is 2. The second-order valence-corrected chi connectivity index (χ2v) is 8.10. The van der Waals surface area contributed by atoms with Crippen molar-refractivity contribution >= 4 is 29.3 Å². The zero-order valence-corrected chi connectivity index (χ0v) is 16.7. The van der Waals surface area contributed by atoms with Crippen molar-refractivity contribution in [1.82, 2.24) is 5.32 Å². The van der Waals surface area contributed by atoms with Gasteiger partial charge in [-0.05, 0) is 30.3 Å². The molecular weight excluding hydrogens is 374 g/mol. The Morgan fingerprint density at radius 2 is 1.96 bits per heavy atom. The molecule has 2 aromatic rings. The van der Waals surface area contributed by atoms with Crippen LogP contribution in [0.4, 0.5) is 5.69 Å². The smallest absolute Gasteiger partial charge is 0.259 e. The van der Waals surface area contributed by atoms with Crippen molar-refractivity contribution in [2.45, 2.75) is 9.79 Å². The van der Waals surface area contributed by atoms with E-state index in [1.54, 1.807) is 23.7 Å². The predicted molar refractivity (Wildman–Crippen MR) is 108 cm³/mol. The molecule has 0 aliphatic carbocycles. The SMILES string of the molecule is CN1C(=O)c2ccccc2Sc2ccc(C(=O)NCC[NH+]3CCOCC3)cc21. The number of amides is 2. The van der Waals surface area contributed by atoms with Crippen LogP contribution in [0, 0.1) is 0 Å². The number of nitrogens with zero attached hydrogens (tertiary/aromatic N) is 1. The van der Waals surface area contributed by atoms with Crippen molar-refractivity contribution in [3.63, 3.8) is 0 Å². The number of quaternary nitrogens is 1. The average molecular weight is 399 g/mol. The molecule has 0 spiro atoms. The molecule has 2 aliphatic rings. The molecule has 7 heteroatoms. The number of anilines is 1. The fourth-order valence-electron chi connectivity index (χ4n) is 3.51. The first kappa shape index (κ1) is 19.0. The Morgan fingerprint density at radius 1 is 1.18 bits per heavy atom. The van der Waals surface area contributed by atoms with Crippen LogP contribution < -0.4 is 15.1 Å². The Hall–Kier alpha value is -2.35. The summed E-state index contributed by atoms with van der Waals surface area (Å²) in [7, 11) is 1.76. The molecule has 2 aromatic carbocycles. The molecule has 1 fully saturated rings. The normalized spacial score (nSPS) is 16.9. The van der Waals surface area contributed by atoms with Crippen LogP contribution in [-0.4, -0.2) is 58.3 Å². The van der Waals surface area contributed by atoms with E-state index in [2.05, 4.69) is 5.32 Å². The number of morpholine rings is 1. The van der Waals surface area contributed by atoms with Gasteiger partial charge in [0, 0.05) is 22.4 Å². The number of rotatable bonds is 4. The molecule has 2 aliphatic heterocycles. The monoisotopic (exact) mass is 398 g/mol. The first-order valence-electron chi connectivity index (χ1n) is 9.52. The van der Waals surface area contributed by atoms with Crippen LogP contribution in [0.1, 0.15) is 20.7 Å². The molecule has 6 nitrogen and oxygen atoms in total. The lowest BCUT2D eigenvalue weighted by Crippen LogP contribution is -3.14. The second-order valence-electron chi connectivity index (χ2n) is 7.01. The third kappa shape index (κ3) is 3.92. The van der Waals surface area contributed by atoms with E-state index in [4.69, 9.17) is 4.74 Å². The van der Waals surface area contributed by atoms with Gasteiger partial charge >= 0.3 is 0 Å². The summed E-state index contributed by atoms with van der Waals surface area (Å²) in [6.07, 6.45) is 0. The minimum atomic E-state index is -0.108. The topological polar surface area (TPSA) is 63.1 Å². The zero-order valence-electron chi connectivity index (χ0n) is 15.9. The molecule has 2 amide bonds. The van der Waals surface area contributed by atoms with Gasteiger partial charge in [0.2, 0.25) is 0 Å². The van der Waals surface area contributed by atoms with Crippen LogP contribution in [0.25, 0.3) is 0 Å². The van der Waals surface area contributed by atoms with Crippen molar-refractivity contribution in [1.29, 1.82) is 0 Å². The predicted octanol–water partition coefficient (Wildman–Crippen LogP) is 1.07. The molecule has 2 N–H and O–H groups in total.